The monoisotopic (exact) mass is 278 g/mol. The van der Waals surface area contributed by atoms with Crippen LogP contribution >= 0.6 is 0 Å². The molecule has 1 fully saturated rings. The molecule has 0 radical (unpaired) electrons. The van der Waals surface area contributed by atoms with Crippen LogP contribution < -0.4 is 5.32 Å². The molecule has 2 heterocycles. The van der Waals surface area contributed by atoms with Crippen molar-refractivity contribution in [1.29, 1.82) is 0 Å². The van der Waals surface area contributed by atoms with Gasteiger partial charge in [0.1, 0.15) is 0 Å². The summed E-state index contributed by atoms with van der Waals surface area (Å²) in [7, 11) is 0. The van der Waals surface area contributed by atoms with Crippen molar-refractivity contribution in [2.45, 2.75) is 38.8 Å². The number of anilines is 1. The number of aromatic nitrogens is 2. The van der Waals surface area contributed by atoms with Crippen molar-refractivity contribution >= 4 is 11.9 Å². The van der Waals surface area contributed by atoms with E-state index in [-0.39, 0.29) is 18.1 Å². The number of amides is 1. The molecule has 1 aromatic rings. The Kier molecular flexibility index (Phi) is 5.03. The van der Waals surface area contributed by atoms with Gasteiger partial charge in [-0.3, -0.25) is 15.0 Å². The summed E-state index contributed by atoms with van der Waals surface area (Å²) in [5.74, 6) is 0.592. The van der Waals surface area contributed by atoms with Crippen LogP contribution in [0.2, 0.25) is 0 Å². The summed E-state index contributed by atoms with van der Waals surface area (Å²) in [6.45, 7) is 5.39. The fourth-order valence-corrected chi connectivity index (χ4v) is 2.53. The number of nitrogens with zero attached hydrogens (tertiary/aromatic N) is 3. The Labute approximate surface area is 119 Å². The first-order valence-electron chi connectivity index (χ1n) is 7.08. The van der Waals surface area contributed by atoms with E-state index in [9.17, 15) is 9.90 Å². The van der Waals surface area contributed by atoms with Crippen molar-refractivity contribution in [2.75, 3.05) is 18.4 Å². The second-order valence-corrected chi connectivity index (χ2v) is 5.35. The molecular formula is C14H22N4O2. The van der Waals surface area contributed by atoms with E-state index in [0.717, 1.165) is 25.9 Å². The lowest BCUT2D eigenvalue weighted by molar-refractivity contribution is -0.121. The quantitative estimate of drug-likeness (QED) is 0.855. The minimum absolute atomic E-state index is 0.0910. The molecule has 1 saturated heterocycles. The molecule has 0 spiro atoms. The number of nitrogens with one attached hydrogen (secondary N) is 1. The predicted molar refractivity (Wildman–Crippen MR) is 76.1 cm³/mol. The van der Waals surface area contributed by atoms with Crippen LogP contribution in [0.15, 0.2) is 18.5 Å². The smallest absolute Gasteiger partial charge is 0.243 e. The third-order valence-electron chi connectivity index (χ3n) is 3.98. The Morgan fingerprint density at radius 2 is 1.95 bits per heavy atom. The highest BCUT2D eigenvalue weighted by Gasteiger charge is 2.28. The average molecular weight is 278 g/mol. The number of aliphatic hydroxyl groups excluding tert-OH is 1. The molecule has 1 aromatic heterocycles. The van der Waals surface area contributed by atoms with Gasteiger partial charge < -0.3 is 5.11 Å². The highest BCUT2D eigenvalue weighted by atomic mass is 16.3. The standard InChI is InChI=1S/C14H22N4O2/c1-10(13(20)17-14-15-6-3-7-16-14)18-8-4-12(5-9-18)11(2)19/h3,6-7,10-12,19H,4-5,8-9H2,1-2H3,(H,15,16,17,20). The number of aliphatic hydroxyl groups is 1. The maximum Gasteiger partial charge on any atom is 0.243 e. The Morgan fingerprint density at radius 1 is 1.35 bits per heavy atom. The van der Waals surface area contributed by atoms with Crippen molar-refractivity contribution < 1.29 is 9.90 Å². The van der Waals surface area contributed by atoms with E-state index < -0.39 is 0 Å². The van der Waals surface area contributed by atoms with Crippen LogP contribution in [0.5, 0.6) is 0 Å². The van der Waals surface area contributed by atoms with Crippen LogP contribution in [-0.4, -0.2) is 51.1 Å². The molecule has 0 aliphatic carbocycles. The van der Waals surface area contributed by atoms with Crippen LogP contribution in [-0.2, 0) is 4.79 Å². The molecule has 0 aromatic carbocycles. The van der Waals surface area contributed by atoms with Crippen molar-refractivity contribution in [3.63, 3.8) is 0 Å². The van der Waals surface area contributed by atoms with Crippen molar-refractivity contribution in [1.82, 2.24) is 14.9 Å². The molecular weight excluding hydrogens is 256 g/mol. The summed E-state index contributed by atoms with van der Waals surface area (Å²) in [4.78, 5) is 22.3. The van der Waals surface area contributed by atoms with Crippen LogP contribution in [0, 0.1) is 5.92 Å². The second kappa shape index (κ2) is 6.76. The van der Waals surface area contributed by atoms with Gasteiger partial charge in [0.15, 0.2) is 0 Å². The Hall–Kier alpha value is -1.53. The highest BCUT2D eigenvalue weighted by Crippen LogP contribution is 2.22. The minimum atomic E-state index is -0.265. The second-order valence-electron chi connectivity index (χ2n) is 5.35. The number of rotatable bonds is 4. The van der Waals surface area contributed by atoms with Gasteiger partial charge in [-0.05, 0) is 51.8 Å². The van der Waals surface area contributed by atoms with Gasteiger partial charge in [-0.2, -0.15) is 0 Å². The third kappa shape index (κ3) is 3.74. The maximum atomic E-state index is 12.1. The van der Waals surface area contributed by atoms with Gasteiger partial charge in [-0.25, -0.2) is 9.97 Å². The summed E-state index contributed by atoms with van der Waals surface area (Å²) < 4.78 is 0. The number of likely N-dealkylation sites (tertiary alicyclic amines) is 1. The molecule has 2 N–H and O–H groups in total. The molecule has 1 amide bonds. The predicted octanol–water partition coefficient (Wildman–Crippen LogP) is 0.896. The van der Waals surface area contributed by atoms with Gasteiger partial charge in [0.2, 0.25) is 11.9 Å². The number of hydrogen-bond acceptors (Lipinski definition) is 5. The largest absolute Gasteiger partial charge is 0.393 e. The molecule has 0 saturated carbocycles. The Balaban J connectivity index is 1.85. The summed E-state index contributed by atoms with van der Waals surface area (Å²) in [5, 5.41) is 12.3. The van der Waals surface area contributed by atoms with Crippen LogP contribution in [0.1, 0.15) is 26.7 Å². The van der Waals surface area contributed by atoms with Gasteiger partial charge in [-0.1, -0.05) is 0 Å². The first-order chi connectivity index (χ1) is 9.58. The van der Waals surface area contributed by atoms with Crippen LogP contribution in [0.25, 0.3) is 0 Å². The van der Waals surface area contributed by atoms with Crippen molar-refractivity contribution in [3.8, 4) is 0 Å². The van der Waals surface area contributed by atoms with Gasteiger partial charge in [0, 0.05) is 12.4 Å². The van der Waals surface area contributed by atoms with Gasteiger partial charge >= 0.3 is 0 Å². The van der Waals surface area contributed by atoms with Crippen LogP contribution in [0.3, 0.4) is 0 Å². The number of hydrogen-bond donors (Lipinski definition) is 2. The summed E-state index contributed by atoms with van der Waals surface area (Å²) in [5.41, 5.74) is 0. The normalized spacial score (nSPS) is 20.4. The molecule has 0 bridgehead atoms. The topological polar surface area (TPSA) is 78.4 Å². The van der Waals surface area contributed by atoms with E-state index in [1.807, 2.05) is 13.8 Å². The summed E-state index contributed by atoms with van der Waals surface area (Å²) >= 11 is 0. The van der Waals surface area contributed by atoms with Gasteiger partial charge in [0.25, 0.3) is 0 Å². The number of piperidine rings is 1. The molecule has 110 valence electrons. The summed E-state index contributed by atoms with van der Waals surface area (Å²) in [6, 6.07) is 1.49. The van der Waals surface area contributed by atoms with Gasteiger partial charge in [-0.15, -0.1) is 0 Å². The molecule has 1 aliphatic rings. The molecule has 2 unspecified atom stereocenters. The molecule has 2 atom stereocenters. The molecule has 6 nitrogen and oxygen atoms in total. The summed E-state index contributed by atoms with van der Waals surface area (Å²) in [6.07, 6.45) is 4.79. The lowest BCUT2D eigenvalue weighted by Crippen LogP contribution is -2.47. The highest BCUT2D eigenvalue weighted by molar-refractivity contribution is 5.93. The zero-order chi connectivity index (χ0) is 14.5. The van der Waals surface area contributed by atoms with E-state index in [2.05, 4.69) is 20.2 Å². The fraction of sp³-hybridized carbons (Fsp3) is 0.643. The average Bonchev–Trinajstić information content (AvgIpc) is 2.47. The van der Waals surface area contributed by atoms with Crippen molar-refractivity contribution in [3.05, 3.63) is 18.5 Å². The number of carbonyl (C=O) groups is 1. The number of carbonyl (C=O) groups excluding carboxylic acids is 1. The Morgan fingerprint density at radius 3 is 2.50 bits per heavy atom. The molecule has 6 heteroatoms. The molecule has 20 heavy (non-hydrogen) atoms. The van der Waals surface area contributed by atoms with E-state index >= 15 is 0 Å². The first-order valence-corrected chi connectivity index (χ1v) is 7.08. The van der Waals surface area contributed by atoms with Gasteiger partial charge in [0.05, 0.1) is 12.1 Å². The lowest BCUT2D eigenvalue weighted by atomic mass is 9.91. The zero-order valence-electron chi connectivity index (χ0n) is 12.0. The fourth-order valence-electron chi connectivity index (χ4n) is 2.53. The first kappa shape index (κ1) is 14.9. The Bertz CT molecular complexity index is 430. The van der Waals surface area contributed by atoms with Crippen LogP contribution in [0.4, 0.5) is 5.95 Å². The van der Waals surface area contributed by atoms with E-state index in [4.69, 9.17) is 0 Å². The van der Waals surface area contributed by atoms with Crippen molar-refractivity contribution in [2.24, 2.45) is 5.92 Å². The third-order valence-corrected chi connectivity index (χ3v) is 3.98. The van der Waals surface area contributed by atoms with E-state index in [1.165, 1.54) is 0 Å². The van der Waals surface area contributed by atoms with E-state index in [1.54, 1.807) is 18.5 Å². The zero-order valence-corrected chi connectivity index (χ0v) is 12.0. The SMILES string of the molecule is CC(O)C1CCN(C(C)C(=O)Nc2ncccn2)CC1. The minimum Gasteiger partial charge on any atom is -0.393 e. The molecule has 2 rings (SSSR count). The maximum absolute atomic E-state index is 12.1. The van der Waals surface area contributed by atoms with E-state index in [0.29, 0.717) is 11.9 Å². The molecule has 1 aliphatic heterocycles. The lowest BCUT2D eigenvalue weighted by Gasteiger charge is -2.36.